The highest BCUT2D eigenvalue weighted by Gasteiger charge is 2.35. The Kier molecular flexibility index (Phi) is 6.07. The van der Waals surface area contributed by atoms with Gasteiger partial charge in [0.25, 0.3) is 0 Å². The first-order chi connectivity index (χ1) is 13.1. The maximum Gasteiger partial charge on any atom is 0.246 e. The Balaban J connectivity index is 1.85. The molecule has 27 heavy (non-hydrogen) atoms. The van der Waals surface area contributed by atoms with Gasteiger partial charge in [-0.05, 0) is 38.0 Å². The summed E-state index contributed by atoms with van der Waals surface area (Å²) in [4.78, 5) is 29.0. The maximum absolute atomic E-state index is 12.8. The van der Waals surface area contributed by atoms with Crippen molar-refractivity contribution in [3.8, 4) is 0 Å². The molecule has 1 aliphatic rings. The second kappa shape index (κ2) is 8.67. The number of amides is 2. The van der Waals surface area contributed by atoms with Gasteiger partial charge in [-0.2, -0.15) is 0 Å². The second-order valence-electron chi connectivity index (χ2n) is 6.98. The fraction of sp³-hybridized carbons (Fsp3) is 0.304. The molecule has 4 nitrogen and oxygen atoms in total. The van der Waals surface area contributed by atoms with E-state index < -0.39 is 0 Å². The summed E-state index contributed by atoms with van der Waals surface area (Å²) in [7, 11) is 0. The zero-order valence-electron chi connectivity index (χ0n) is 16.0. The van der Waals surface area contributed by atoms with Gasteiger partial charge in [0, 0.05) is 18.7 Å². The highest BCUT2D eigenvalue weighted by Crippen LogP contribution is 2.23. The first-order valence-electron chi connectivity index (χ1n) is 9.40. The van der Waals surface area contributed by atoms with Gasteiger partial charge >= 0.3 is 0 Å². The van der Waals surface area contributed by atoms with Crippen LogP contribution in [0.15, 0.2) is 66.7 Å². The topological polar surface area (TPSA) is 40.6 Å². The van der Waals surface area contributed by atoms with Crippen molar-refractivity contribution >= 4 is 17.5 Å². The van der Waals surface area contributed by atoms with E-state index in [1.165, 1.54) is 5.56 Å². The molecular formula is C23H26N2O2. The van der Waals surface area contributed by atoms with E-state index >= 15 is 0 Å². The summed E-state index contributed by atoms with van der Waals surface area (Å²) in [5.41, 5.74) is 3.22. The summed E-state index contributed by atoms with van der Waals surface area (Å²) < 4.78 is 0. The van der Waals surface area contributed by atoms with Gasteiger partial charge in [-0.1, -0.05) is 60.2 Å². The molecule has 0 bridgehead atoms. The van der Waals surface area contributed by atoms with Crippen molar-refractivity contribution in [2.75, 3.05) is 18.0 Å². The molecule has 2 aromatic carbocycles. The Morgan fingerprint density at radius 1 is 1.11 bits per heavy atom. The largest absolute Gasteiger partial charge is 0.328 e. The van der Waals surface area contributed by atoms with Crippen molar-refractivity contribution in [2.24, 2.45) is 0 Å². The number of anilines is 1. The molecule has 1 fully saturated rings. The van der Waals surface area contributed by atoms with Crippen LogP contribution in [0.4, 0.5) is 5.69 Å². The van der Waals surface area contributed by atoms with E-state index in [-0.39, 0.29) is 24.4 Å². The molecule has 2 amide bonds. The number of carbonyl (C=O) groups is 2. The minimum absolute atomic E-state index is 0.00550. The van der Waals surface area contributed by atoms with Crippen molar-refractivity contribution in [3.05, 3.63) is 77.9 Å². The molecule has 2 aromatic rings. The molecule has 0 spiro atoms. The fourth-order valence-corrected chi connectivity index (χ4v) is 3.43. The van der Waals surface area contributed by atoms with Gasteiger partial charge in [0.05, 0.1) is 6.04 Å². The molecule has 0 radical (unpaired) electrons. The molecule has 1 atom stereocenters. The van der Waals surface area contributed by atoms with Crippen molar-refractivity contribution in [1.82, 2.24) is 4.90 Å². The lowest BCUT2D eigenvalue weighted by atomic mass is 10.0. The average molecular weight is 362 g/mol. The summed E-state index contributed by atoms with van der Waals surface area (Å²) in [6.45, 7) is 4.57. The van der Waals surface area contributed by atoms with Gasteiger partial charge in [-0.3, -0.25) is 9.59 Å². The summed E-state index contributed by atoms with van der Waals surface area (Å²) >= 11 is 0. The highest BCUT2D eigenvalue weighted by molar-refractivity contribution is 5.98. The Labute approximate surface area is 161 Å². The van der Waals surface area contributed by atoms with Crippen molar-refractivity contribution in [1.29, 1.82) is 0 Å². The van der Waals surface area contributed by atoms with E-state index in [1.807, 2.05) is 73.4 Å². The second-order valence-corrected chi connectivity index (χ2v) is 6.98. The smallest absolute Gasteiger partial charge is 0.246 e. The van der Waals surface area contributed by atoms with Crippen molar-refractivity contribution < 1.29 is 9.59 Å². The van der Waals surface area contributed by atoms with Crippen LogP contribution in [0.3, 0.4) is 0 Å². The molecule has 1 saturated heterocycles. The van der Waals surface area contributed by atoms with Crippen molar-refractivity contribution in [3.63, 3.8) is 0 Å². The Morgan fingerprint density at radius 3 is 2.48 bits per heavy atom. The number of hydrogen-bond donors (Lipinski definition) is 0. The lowest BCUT2D eigenvalue weighted by Crippen LogP contribution is -2.58. The van der Waals surface area contributed by atoms with E-state index in [2.05, 4.69) is 12.1 Å². The number of aryl methyl sites for hydroxylation is 1. The number of hydrogen-bond acceptors (Lipinski definition) is 2. The Hall–Kier alpha value is -2.88. The fourth-order valence-electron chi connectivity index (χ4n) is 3.43. The highest BCUT2D eigenvalue weighted by atomic mass is 16.2. The Bertz CT molecular complexity index is 812. The van der Waals surface area contributed by atoms with Gasteiger partial charge in [0.2, 0.25) is 11.8 Å². The van der Waals surface area contributed by atoms with Gasteiger partial charge in [-0.15, -0.1) is 0 Å². The van der Waals surface area contributed by atoms with Crippen LogP contribution < -0.4 is 4.90 Å². The molecule has 0 aromatic heterocycles. The number of benzene rings is 2. The molecule has 4 heteroatoms. The van der Waals surface area contributed by atoms with Crippen LogP contribution in [0, 0.1) is 6.92 Å². The third kappa shape index (κ3) is 4.64. The lowest BCUT2D eigenvalue weighted by molar-refractivity contribution is -0.139. The molecule has 140 valence electrons. The van der Waals surface area contributed by atoms with Crippen LogP contribution in [-0.2, 0) is 16.0 Å². The molecule has 0 N–H and O–H groups in total. The van der Waals surface area contributed by atoms with Crippen LogP contribution in [0.5, 0.6) is 0 Å². The summed E-state index contributed by atoms with van der Waals surface area (Å²) in [6.07, 6.45) is 4.78. The summed E-state index contributed by atoms with van der Waals surface area (Å²) in [5.74, 6) is -0.0251. The van der Waals surface area contributed by atoms with Gasteiger partial charge in [0.1, 0.15) is 6.54 Å². The van der Waals surface area contributed by atoms with E-state index in [9.17, 15) is 9.59 Å². The number of carbonyl (C=O) groups excluding carboxylic acids is 2. The van der Waals surface area contributed by atoms with Gasteiger partial charge in [-0.25, -0.2) is 0 Å². The number of nitrogens with zero attached hydrogens (tertiary/aromatic N) is 2. The molecule has 0 aliphatic carbocycles. The first kappa shape index (κ1) is 18.9. The average Bonchev–Trinajstić information content (AvgIpc) is 2.68. The molecular weight excluding hydrogens is 336 g/mol. The monoisotopic (exact) mass is 362 g/mol. The van der Waals surface area contributed by atoms with E-state index in [0.717, 1.165) is 17.7 Å². The summed E-state index contributed by atoms with van der Waals surface area (Å²) in [5, 5.41) is 0. The van der Waals surface area contributed by atoms with Crippen LogP contribution in [0.2, 0.25) is 0 Å². The number of allylic oxidation sites excluding steroid dienone is 1. The van der Waals surface area contributed by atoms with E-state index in [4.69, 9.17) is 0 Å². The molecule has 1 heterocycles. The zero-order chi connectivity index (χ0) is 19.2. The normalized spacial score (nSPS) is 17.6. The molecule has 1 aliphatic heterocycles. The minimum Gasteiger partial charge on any atom is -0.328 e. The zero-order valence-corrected chi connectivity index (χ0v) is 16.0. The predicted octanol–water partition coefficient (Wildman–Crippen LogP) is 3.75. The standard InChI is InChI=1S/C23H26N2O2/c1-3-4-10-22(26)25-17-23(27)24(20-13-11-18(2)12-14-20)16-21(25)15-19-8-6-5-7-9-19/h3-9,11-14,21H,10,15-17H2,1-2H3/b4-3+. The third-order valence-electron chi connectivity index (χ3n) is 4.95. The molecule has 0 saturated carbocycles. The van der Waals surface area contributed by atoms with Gasteiger partial charge < -0.3 is 9.80 Å². The van der Waals surface area contributed by atoms with Crippen LogP contribution >= 0.6 is 0 Å². The van der Waals surface area contributed by atoms with E-state index in [0.29, 0.717) is 13.0 Å². The van der Waals surface area contributed by atoms with Crippen molar-refractivity contribution in [2.45, 2.75) is 32.7 Å². The number of rotatable bonds is 5. The van der Waals surface area contributed by atoms with Crippen LogP contribution in [-0.4, -0.2) is 35.8 Å². The van der Waals surface area contributed by atoms with Crippen LogP contribution in [0.1, 0.15) is 24.5 Å². The third-order valence-corrected chi connectivity index (χ3v) is 4.95. The molecule has 3 rings (SSSR count). The summed E-state index contributed by atoms with van der Waals surface area (Å²) in [6, 6.07) is 18.1. The molecule has 1 unspecified atom stereocenters. The Morgan fingerprint density at radius 2 is 1.81 bits per heavy atom. The SMILES string of the molecule is C/C=C/CC(=O)N1CC(=O)N(c2ccc(C)cc2)CC1Cc1ccccc1. The minimum atomic E-state index is -0.0378. The first-order valence-corrected chi connectivity index (χ1v) is 9.40. The quantitative estimate of drug-likeness (QED) is 0.760. The predicted molar refractivity (Wildman–Crippen MR) is 109 cm³/mol. The van der Waals surface area contributed by atoms with E-state index in [1.54, 1.807) is 4.90 Å². The van der Waals surface area contributed by atoms with Crippen LogP contribution in [0.25, 0.3) is 0 Å². The maximum atomic E-state index is 12.8. The van der Waals surface area contributed by atoms with Gasteiger partial charge in [0.15, 0.2) is 0 Å². The number of piperazine rings is 1. The lowest BCUT2D eigenvalue weighted by Gasteiger charge is -2.41.